The van der Waals surface area contributed by atoms with Crippen LogP contribution in [-0.4, -0.2) is 24.6 Å². The number of ether oxygens (including phenoxy) is 2. The first-order chi connectivity index (χ1) is 17.6. The third-order valence-corrected chi connectivity index (χ3v) is 5.94. The summed E-state index contributed by atoms with van der Waals surface area (Å²) in [6.45, 7) is 2.02. The molecule has 0 saturated carbocycles. The molecule has 182 valence electrons. The molecule has 4 aromatic carbocycles. The minimum Gasteiger partial charge on any atom is -0.465 e. The predicted octanol–water partition coefficient (Wildman–Crippen LogP) is 6.67. The van der Waals surface area contributed by atoms with Crippen LogP contribution in [0.2, 0.25) is 0 Å². The average molecular weight is 479 g/mol. The third-order valence-electron chi connectivity index (χ3n) is 5.94. The van der Waals surface area contributed by atoms with Gasteiger partial charge in [0.2, 0.25) is 0 Å². The summed E-state index contributed by atoms with van der Waals surface area (Å²) in [4.78, 5) is 24.5. The number of carbonyl (C=O) groups excluding carboxylic acids is 2. The van der Waals surface area contributed by atoms with Gasteiger partial charge in [-0.05, 0) is 40.3 Å². The van der Waals surface area contributed by atoms with Gasteiger partial charge < -0.3 is 9.47 Å². The highest BCUT2D eigenvalue weighted by Gasteiger charge is 2.12. The maximum absolute atomic E-state index is 12.3. The smallest absolute Gasteiger partial charge is 0.310 e. The summed E-state index contributed by atoms with van der Waals surface area (Å²) in [5.74, 6) is -0.584. The highest BCUT2D eigenvalue weighted by molar-refractivity contribution is 5.74. The second kappa shape index (κ2) is 12.5. The highest BCUT2D eigenvalue weighted by atomic mass is 16.6. The van der Waals surface area contributed by atoms with Crippen molar-refractivity contribution in [1.29, 1.82) is 0 Å². The Labute approximate surface area is 212 Å². The van der Waals surface area contributed by atoms with Crippen molar-refractivity contribution in [2.75, 3.05) is 6.61 Å². The Bertz CT molecular complexity index is 1250. The van der Waals surface area contributed by atoms with E-state index in [-0.39, 0.29) is 37.5 Å². The number of rotatable bonds is 10. The van der Waals surface area contributed by atoms with Gasteiger partial charge in [-0.3, -0.25) is 9.59 Å². The fourth-order valence-electron chi connectivity index (χ4n) is 3.94. The van der Waals surface area contributed by atoms with Crippen molar-refractivity contribution >= 4 is 11.9 Å². The molecule has 1 unspecified atom stereocenters. The largest absolute Gasteiger partial charge is 0.465 e. The number of carbonyl (C=O) groups is 2. The standard InChI is InChI=1S/C32H30O4/c1-24(36-32(34)23-26-14-18-30(19-15-26)28-10-6-3-7-11-28)20-21-35-31(33)22-25-12-16-29(17-13-25)27-8-4-2-5-9-27/h2-19,24H,20-23H2,1H3. The van der Waals surface area contributed by atoms with Gasteiger partial charge in [-0.2, -0.15) is 0 Å². The van der Waals surface area contributed by atoms with E-state index in [1.54, 1.807) is 0 Å². The molecule has 1 atom stereocenters. The van der Waals surface area contributed by atoms with E-state index in [9.17, 15) is 9.59 Å². The second-order valence-electron chi connectivity index (χ2n) is 8.79. The first-order valence-corrected chi connectivity index (χ1v) is 12.2. The van der Waals surface area contributed by atoms with Crippen molar-refractivity contribution in [3.63, 3.8) is 0 Å². The van der Waals surface area contributed by atoms with Crippen LogP contribution in [0.3, 0.4) is 0 Å². The van der Waals surface area contributed by atoms with Crippen LogP contribution >= 0.6 is 0 Å². The van der Waals surface area contributed by atoms with E-state index in [0.717, 1.165) is 33.4 Å². The van der Waals surface area contributed by atoms with Crippen LogP contribution in [0.5, 0.6) is 0 Å². The number of benzene rings is 4. The molecule has 4 aromatic rings. The molecule has 0 aliphatic carbocycles. The Morgan fingerprint density at radius 1 is 0.583 bits per heavy atom. The van der Waals surface area contributed by atoms with Crippen molar-refractivity contribution in [3.05, 3.63) is 120 Å². The first kappa shape index (κ1) is 24.9. The number of hydrogen-bond acceptors (Lipinski definition) is 4. The summed E-state index contributed by atoms with van der Waals surface area (Å²) >= 11 is 0. The zero-order valence-corrected chi connectivity index (χ0v) is 20.4. The summed E-state index contributed by atoms with van der Waals surface area (Å²) in [5, 5.41) is 0. The lowest BCUT2D eigenvalue weighted by Crippen LogP contribution is -2.19. The van der Waals surface area contributed by atoms with Gasteiger partial charge in [0.1, 0.15) is 6.10 Å². The molecule has 0 spiro atoms. The quantitative estimate of drug-likeness (QED) is 0.239. The summed E-state index contributed by atoms with van der Waals surface area (Å²) in [5.41, 5.74) is 6.29. The minimum atomic E-state index is -0.334. The van der Waals surface area contributed by atoms with E-state index in [0.29, 0.717) is 6.42 Å². The van der Waals surface area contributed by atoms with E-state index < -0.39 is 0 Å². The van der Waals surface area contributed by atoms with Gasteiger partial charge in [-0.15, -0.1) is 0 Å². The molecular formula is C32H30O4. The van der Waals surface area contributed by atoms with E-state index in [4.69, 9.17) is 9.47 Å². The normalized spacial score (nSPS) is 11.5. The monoisotopic (exact) mass is 478 g/mol. The third kappa shape index (κ3) is 7.41. The maximum Gasteiger partial charge on any atom is 0.310 e. The zero-order valence-electron chi connectivity index (χ0n) is 20.4. The van der Waals surface area contributed by atoms with Gasteiger partial charge in [0.05, 0.1) is 19.4 Å². The van der Waals surface area contributed by atoms with Gasteiger partial charge in [-0.25, -0.2) is 0 Å². The lowest BCUT2D eigenvalue weighted by atomic mass is 10.0. The van der Waals surface area contributed by atoms with Gasteiger partial charge in [0.25, 0.3) is 0 Å². The Kier molecular flexibility index (Phi) is 8.66. The van der Waals surface area contributed by atoms with Gasteiger partial charge in [0.15, 0.2) is 0 Å². The summed E-state index contributed by atoms with van der Waals surface area (Å²) in [6.07, 6.45) is 0.539. The second-order valence-corrected chi connectivity index (χ2v) is 8.79. The van der Waals surface area contributed by atoms with Crippen LogP contribution in [0.4, 0.5) is 0 Å². The molecule has 0 aromatic heterocycles. The van der Waals surface area contributed by atoms with Crippen LogP contribution < -0.4 is 0 Å². The fraction of sp³-hybridized carbons (Fsp3) is 0.188. The molecule has 0 fully saturated rings. The van der Waals surface area contributed by atoms with Gasteiger partial charge >= 0.3 is 11.9 Å². The van der Waals surface area contributed by atoms with Crippen LogP contribution in [-0.2, 0) is 31.9 Å². The average Bonchev–Trinajstić information content (AvgIpc) is 2.90. The molecule has 0 bridgehead atoms. The van der Waals surface area contributed by atoms with Crippen molar-refractivity contribution in [2.24, 2.45) is 0 Å². The Balaban J connectivity index is 1.16. The van der Waals surface area contributed by atoms with E-state index in [1.165, 1.54) is 0 Å². The van der Waals surface area contributed by atoms with Crippen LogP contribution in [0.15, 0.2) is 109 Å². The Morgan fingerprint density at radius 2 is 1.00 bits per heavy atom. The molecular weight excluding hydrogens is 448 g/mol. The van der Waals surface area contributed by atoms with E-state index >= 15 is 0 Å². The van der Waals surface area contributed by atoms with Crippen LogP contribution in [0.1, 0.15) is 24.5 Å². The number of hydrogen-bond donors (Lipinski definition) is 0. The van der Waals surface area contributed by atoms with Gasteiger partial charge in [0, 0.05) is 6.42 Å². The van der Waals surface area contributed by atoms with Crippen LogP contribution in [0, 0.1) is 0 Å². The van der Waals surface area contributed by atoms with Crippen molar-refractivity contribution in [2.45, 2.75) is 32.3 Å². The molecule has 0 aliphatic heterocycles. The first-order valence-electron chi connectivity index (χ1n) is 12.2. The lowest BCUT2D eigenvalue weighted by molar-refractivity contribution is -0.149. The topological polar surface area (TPSA) is 52.6 Å². The molecule has 4 heteroatoms. The molecule has 0 aliphatic rings. The molecule has 0 saturated heterocycles. The Morgan fingerprint density at radius 3 is 1.47 bits per heavy atom. The molecule has 0 amide bonds. The predicted molar refractivity (Wildman–Crippen MR) is 142 cm³/mol. The minimum absolute atomic E-state index is 0.207. The molecule has 0 radical (unpaired) electrons. The Hall–Kier alpha value is -4.18. The zero-order chi connectivity index (χ0) is 25.2. The van der Waals surface area contributed by atoms with Crippen molar-refractivity contribution < 1.29 is 19.1 Å². The molecule has 0 N–H and O–H groups in total. The van der Waals surface area contributed by atoms with E-state index in [2.05, 4.69) is 24.3 Å². The molecule has 36 heavy (non-hydrogen) atoms. The summed E-state index contributed by atoms with van der Waals surface area (Å²) in [6, 6.07) is 36.0. The lowest BCUT2D eigenvalue weighted by Gasteiger charge is -2.14. The maximum atomic E-state index is 12.3. The molecule has 4 rings (SSSR count). The van der Waals surface area contributed by atoms with Crippen molar-refractivity contribution in [1.82, 2.24) is 0 Å². The highest BCUT2D eigenvalue weighted by Crippen LogP contribution is 2.20. The molecule has 4 nitrogen and oxygen atoms in total. The number of esters is 2. The summed E-state index contributed by atoms with van der Waals surface area (Å²) < 4.78 is 10.9. The SMILES string of the molecule is CC(CCOC(=O)Cc1ccc(-c2ccccc2)cc1)OC(=O)Cc1ccc(-c2ccccc2)cc1. The van der Waals surface area contributed by atoms with Crippen molar-refractivity contribution in [3.8, 4) is 22.3 Å². The summed E-state index contributed by atoms with van der Waals surface area (Å²) in [7, 11) is 0. The van der Waals surface area contributed by atoms with Gasteiger partial charge in [-0.1, -0.05) is 109 Å². The fourth-order valence-corrected chi connectivity index (χ4v) is 3.94. The van der Waals surface area contributed by atoms with E-state index in [1.807, 2.05) is 91.9 Å². The molecule has 0 heterocycles. The van der Waals surface area contributed by atoms with Crippen LogP contribution in [0.25, 0.3) is 22.3 Å².